The van der Waals surface area contributed by atoms with Gasteiger partial charge >= 0.3 is 12.1 Å². The second-order valence-electron chi connectivity index (χ2n) is 5.78. The summed E-state index contributed by atoms with van der Waals surface area (Å²) in [6.07, 6.45) is 5.77. The van der Waals surface area contributed by atoms with E-state index in [9.17, 15) is 0 Å². The standard InChI is InChI=1S/C19H18N5/c1-22-19(20)24(14-21-22)18(23-12-5-2-6-13-23)17-11-7-9-15-8-3-4-10-16(15)17/h2-14,18,20H,1H3/q+1/p+1. The number of aryl methyl sites for hydroxylation is 1. The van der Waals surface area contributed by atoms with E-state index in [1.54, 1.807) is 11.0 Å². The first kappa shape index (κ1) is 14.4. The van der Waals surface area contributed by atoms with Crippen LogP contribution >= 0.6 is 0 Å². The van der Waals surface area contributed by atoms with Gasteiger partial charge in [-0.3, -0.25) is 0 Å². The Morgan fingerprint density at radius 1 is 0.958 bits per heavy atom. The number of nitrogens with zero attached hydrogens (tertiary/aromatic N) is 4. The van der Waals surface area contributed by atoms with Crippen molar-refractivity contribution in [2.75, 3.05) is 5.73 Å². The number of anilines is 1. The summed E-state index contributed by atoms with van der Waals surface area (Å²) in [4.78, 5) is 0. The molecule has 0 spiro atoms. The highest BCUT2D eigenvalue weighted by Gasteiger charge is 2.31. The van der Waals surface area contributed by atoms with Gasteiger partial charge in [0.25, 0.3) is 0 Å². The van der Waals surface area contributed by atoms with Crippen molar-refractivity contribution < 1.29 is 9.13 Å². The van der Waals surface area contributed by atoms with Gasteiger partial charge in [0.15, 0.2) is 12.4 Å². The van der Waals surface area contributed by atoms with Crippen LogP contribution < -0.4 is 14.9 Å². The Hall–Kier alpha value is -3.21. The smallest absolute Gasteiger partial charge is 0.308 e. The Kier molecular flexibility index (Phi) is 3.46. The Morgan fingerprint density at radius 3 is 2.46 bits per heavy atom. The first-order chi connectivity index (χ1) is 11.8. The topological polar surface area (TPSA) is 51.6 Å². The van der Waals surface area contributed by atoms with Gasteiger partial charge in [0.05, 0.1) is 12.6 Å². The number of nitrogen functional groups attached to an aromatic ring is 1. The van der Waals surface area contributed by atoms with Crippen LogP contribution in [0.2, 0.25) is 0 Å². The minimum Gasteiger partial charge on any atom is -0.308 e. The van der Waals surface area contributed by atoms with Gasteiger partial charge in [0.2, 0.25) is 6.33 Å². The lowest BCUT2D eigenvalue weighted by atomic mass is 10.0. The van der Waals surface area contributed by atoms with E-state index in [0.717, 1.165) is 0 Å². The molecule has 0 bridgehead atoms. The molecule has 0 aliphatic heterocycles. The molecule has 24 heavy (non-hydrogen) atoms. The molecule has 0 aliphatic carbocycles. The van der Waals surface area contributed by atoms with Crippen LogP contribution in [0.4, 0.5) is 5.95 Å². The molecule has 2 N–H and O–H groups in total. The lowest BCUT2D eigenvalue weighted by Gasteiger charge is -2.14. The third kappa shape index (κ3) is 2.31. The fourth-order valence-corrected chi connectivity index (χ4v) is 3.11. The first-order valence-corrected chi connectivity index (χ1v) is 7.88. The molecule has 0 saturated carbocycles. The third-order valence-electron chi connectivity index (χ3n) is 4.33. The fraction of sp³-hybridized carbons (Fsp3) is 0.105. The summed E-state index contributed by atoms with van der Waals surface area (Å²) in [5.74, 6) is 0.601. The van der Waals surface area contributed by atoms with Crippen molar-refractivity contribution in [1.29, 1.82) is 0 Å². The molecule has 4 rings (SSSR count). The monoisotopic (exact) mass is 317 g/mol. The summed E-state index contributed by atoms with van der Waals surface area (Å²) >= 11 is 0. The van der Waals surface area contributed by atoms with E-state index in [0.29, 0.717) is 5.95 Å². The van der Waals surface area contributed by atoms with Crippen molar-refractivity contribution in [3.05, 3.63) is 84.9 Å². The van der Waals surface area contributed by atoms with Crippen LogP contribution in [-0.2, 0) is 7.05 Å². The van der Waals surface area contributed by atoms with Crippen LogP contribution in [0.3, 0.4) is 0 Å². The number of pyridine rings is 1. The first-order valence-electron chi connectivity index (χ1n) is 7.88. The van der Waals surface area contributed by atoms with Crippen molar-refractivity contribution in [3.63, 3.8) is 0 Å². The summed E-state index contributed by atoms with van der Waals surface area (Å²) in [5, 5.41) is 6.72. The molecule has 2 aromatic heterocycles. The van der Waals surface area contributed by atoms with E-state index in [-0.39, 0.29) is 6.17 Å². The summed E-state index contributed by atoms with van der Waals surface area (Å²) in [7, 11) is 1.85. The van der Waals surface area contributed by atoms with Gasteiger partial charge in [-0.2, -0.15) is 9.13 Å². The molecule has 2 heterocycles. The molecule has 0 amide bonds. The van der Waals surface area contributed by atoms with Crippen LogP contribution in [0.15, 0.2) is 79.4 Å². The van der Waals surface area contributed by atoms with Gasteiger partial charge in [0.1, 0.15) is 0 Å². The van der Waals surface area contributed by atoms with E-state index in [1.807, 2.05) is 42.2 Å². The summed E-state index contributed by atoms with van der Waals surface area (Å²) in [5.41, 5.74) is 7.45. The van der Waals surface area contributed by atoms with Crippen LogP contribution in [0.1, 0.15) is 11.7 Å². The largest absolute Gasteiger partial charge is 0.347 e. The summed E-state index contributed by atoms with van der Waals surface area (Å²) in [6, 6.07) is 20.8. The zero-order valence-corrected chi connectivity index (χ0v) is 13.4. The van der Waals surface area contributed by atoms with Crippen molar-refractivity contribution >= 4 is 16.7 Å². The van der Waals surface area contributed by atoms with Gasteiger partial charge < -0.3 is 5.73 Å². The van der Waals surface area contributed by atoms with E-state index in [1.165, 1.54) is 16.3 Å². The molecule has 5 nitrogen and oxygen atoms in total. The van der Waals surface area contributed by atoms with Crippen LogP contribution in [-0.4, -0.2) is 9.78 Å². The van der Waals surface area contributed by atoms with Gasteiger partial charge in [-0.05, 0) is 21.9 Å². The maximum Gasteiger partial charge on any atom is 0.347 e. The lowest BCUT2D eigenvalue weighted by Crippen LogP contribution is -2.58. The van der Waals surface area contributed by atoms with Crippen molar-refractivity contribution in [2.24, 2.45) is 7.05 Å². The maximum absolute atomic E-state index is 6.27. The van der Waals surface area contributed by atoms with Crippen molar-refractivity contribution in [1.82, 2.24) is 9.78 Å². The highest BCUT2D eigenvalue weighted by Crippen LogP contribution is 2.23. The number of rotatable bonds is 3. The molecule has 2 aromatic carbocycles. The van der Waals surface area contributed by atoms with Gasteiger partial charge in [-0.15, -0.1) is 4.68 Å². The van der Waals surface area contributed by atoms with Crippen LogP contribution in [0, 0.1) is 0 Å². The molecule has 1 unspecified atom stereocenters. The zero-order valence-electron chi connectivity index (χ0n) is 13.4. The molecular formula is C19H19N5+2. The Bertz CT molecular complexity index is 986. The Morgan fingerprint density at radius 2 is 1.71 bits per heavy atom. The summed E-state index contributed by atoms with van der Waals surface area (Å²) in [6.45, 7) is 0. The van der Waals surface area contributed by atoms with E-state index in [4.69, 9.17) is 5.73 Å². The zero-order chi connectivity index (χ0) is 16.5. The lowest BCUT2D eigenvalue weighted by molar-refractivity contribution is -0.928. The highest BCUT2D eigenvalue weighted by molar-refractivity contribution is 5.85. The fourth-order valence-electron chi connectivity index (χ4n) is 3.11. The van der Waals surface area contributed by atoms with E-state index >= 15 is 0 Å². The molecule has 0 saturated heterocycles. The molecule has 0 aliphatic rings. The molecular weight excluding hydrogens is 298 g/mol. The molecule has 1 atom stereocenters. The second kappa shape index (κ2) is 5.77. The van der Waals surface area contributed by atoms with Gasteiger partial charge in [-0.25, -0.2) is 0 Å². The number of benzene rings is 2. The number of nitrogens with two attached hydrogens (primary N) is 1. The average Bonchev–Trinajstić information content (AvgIpc) is 2.96. The number of fused-ring (bicyclic) bond motifs is 1. The van der Waals surface area contributed by atoms with Crippen LogP contribution in [0.5, 0.6) is 0 Å². The quantitative estimate of drug-likeness (QED) is 0.586. The number of aromatic nitrogens is 4. The second-order valence-corrected chi connectivity index (χ2v) is 5.78. The molecule has 0 radical (unpaired) electrons. The van der Waals surface area contributed by atoms with E-state index < -0.39 is 0 Å². The molecule has 5 heteroatoms. The Labute approximate surface area is 140 Å². The predicted molar refractivity (Wildman–Crippen MR) is 91.9 cm³/mol. The Balaban J connectivity index is 2.01. The van der Waals surface area contributed by atoms with Crippen molar-refractivity contribution in [3.8, 4) is 0 Å². The number of hydrogen-bond acceptors (Lipinski definition) is 2. The van der Waals surface area contributed by atoms with Gasteiger partial charge in [-0.1, -0.05) is 42.5 Å². The molecule has 118 valence electrons. The number of hydrogen-bond donors (Lipinski definition) is 1. The maximum atomic E-state index is 6.27. The average molecular weight is 317 g/mol. The van der Waals surface area contributed by atoms with Crippen LogP contribution in [0.25, 0.3) is 10.8 Å². The van der Waals surface area contributed by atoms with E-state index in [2.05, 4.69) is 52.1 Å². The van der Waals surface area contributed by atoms with Gasteiger partial charge in [0, 0.05) is 12.1 Å². The molecule has 4 aromatic rings. The predicted octanol–water partition coefficient (Wildman–Crippen LogP) is 1.83. The van der Waals surface area contributed by atoms with Crippen molar-refractivity contribution in [2.45, 2.75) is 6.17 Å². The normalized spacial score (nSPS) is 12.4. The minimum atomic E-state index is -0.106. The third-order valence-corrected chi connectivity index (χ3v) is 4.33. The minimum absolute atomic E-state index is 0.106. The molecule has 0 fully saturated rings. The highest BCUT2D eigenvalue weighted by atomic mass is 15.4. The summed E-state index contributed by atoms with van der Waals surface area (Å²) < 4.78 is 5.81. The SMILES string of the molecule is Cn1nc[n+](C(c2cccc3ccccc23)[n+]2ccccc2)c1N.